The molecule has 0 amide bonds. The Morgan fingerprint density at radius 2 is 1.35 bits per heavy atom. The van der Waals surface area contributed by atoms with Crippen LogP contribution in [0.1, 0.15) is 0 Å². The second kappa shape index (κ2) is 10.7. The topological polar surface area (TPSA) is 93.2 Å². The third kappa shape index (κ3) is 7.69. The molecule has 4 N–H and O–H groups in total. The van der Waals surface area contributed by atoms with Crippen LogP contribution >= 0.6 is 0 Å². The fraction of sp³-hybridized carbons (Fsp3) is 0.250. The van der Waals surface area contributed by atoms with Crippen LogP contribution in [0, 0.1) is 10.1 Å². The van der Waals surface area contributed by atoms with Gasteiger partial charge in [0.05, 0.1) is 29.4 Å². The highest BCUT2D eigenvalue weighted by Crippen LogP contribution is 2.23. The Kier molecular flexibility index (Phi) is 8.68. The standard InChI is InChI=1S/C8H8F2N2O2.C8H10F2N2/c9-8(10)5-11-6-3-1-2-4-7(6)12(13)14;9-8(10)5-12-7-4-2-1-3-6(7)11/h1-4,8,11H,5H2;1-4,8,12H,5,11H2. The Morgan fingerprint density at radius 3 is 1.85 bits per heavy atom. The number of nitrogen functional groups attached to an aromatic ring is 1. The van der Waals surface area contributed by atoms with Gasteiger partial charge < -0.3 is 16.4 Å². The molecule has 0 heterocycles. The molecule has 2 aromatic rings. The van der Waals surface area contributed by atoms with Gasteiger partial charge in [-0.3, -0.25) is 10.1 Å². The predicted octanol–water partition coefficient (Wildman–Crippen LogP) is 4.22. The highest BCUT2D eigenvalue weighted by atomic mass is 19.3. The molecule has 0 fully saturated rings. The van der Waals surface area contributed by atoms with E-state index in [2.05, 4.69) is 10.6 Å². The molecule has 0 unspecified atom stereocenters. The number of nitro benzene ring substituents is 1. The van der Waals surface area contributed by atoms with Crippen LogP contribution in [-0.2, 0) is 0 Å². The van der Waals surface area contributed by atoms with Gasteiger partial charge in [-0.2, -0.15) is 0 Å². The van der Waals surface area contributed by atoms with E-state index < -0.39 is 24.3 Å². The van der Waals surface area contributed by atoms with Crippen LogP contribution in [0.25, 0.3) is 0 Å². The van der Waals surface area contributed by atoms with Gasteiger partial charge in [0.1, 0.15) is 5.69 Å². The summed E-state index contributed by atoms with van der Waals surface area (Å²) in [5.74, 6) is 0. The maximum Gasteiger partial charge on any atom is 0.292 e. The molecule has 0 aliphatic heterocycles. The molecule has 0 saturated heterocycles. The zero-order chi connectivity index (χ0) is 19.5. The largest absolute Gasteiger partial charge is 0.397 e. The average Bonchev–Trinajstić information content (AvgIpc) is 2.60. The Morgan fingerprint density at radius 1 is 0.885 bits per heavy atom. The number of hydrogen-bond donors (Lipinski definition) is 3. The van der Waals surface area contributed by atoms with Crippen molar-refractivity contribution in [1.29, 1.82) is 0 Å². The van der Waals surface area contributed by atoms with E-state index in [9.17, 15) is 27.7 Å². The normalized spacial score (nSPS) is 10.2. The summed E-state index contributed by atoms with van der Waals surface area (Å²) in [6.07, 6.45) is -4.89. The van der Waals surface area contributed by atoms with E-state index in [-0.39, 0.29) is 17.9 Å². The predicted molar refractivity (Wildman–Crippen MR) is 92.9 cm³/mol. The molecule has 0 aliphatic rings. The van der Waals surface area contributed by atoms with Gasteiger partial charge >= 0.3 is 0 Å². The van der Waals surface area contributed by atoms with Crippen LogP contribution in [-0.4, -0.2) is 30.9 Å². The zero-order valence-corrected chi connectivity index (χ0v) is 13.5. The van der Waals surface area contributed by atoms with Crippen molar-refractivity contribution in [1.82, 2.24) is 0 Å². The summed E-state index contributed by atoms with van der Waals surface area (Å²) in [4.78, 5) is 9.83. The lowest BCUT2D eigenvalue weighted by atomic mass is 10.2. The number of halogens is 4. The Labute approximate surface area is 147 Å². The first-order valence-corrected chi connectivity index (χ1v) is 7.43. The van der Waals surface area contributed by atoms with Gasteiger partial charge in [-0.25, -0.2) is 17.6 Å². The molecule has 0 atom stereocenters. The van der Waals surface area contributed by atoms with Gasteiger partial charge in [0.15, 0.2) is 0 Å². The quantitative estimate of drug-likeness (QED) is 0.292. The first-order chi connectivity index (χ1) is 12.3. The lowest BCUT2D eigenvalue weighted by Crippen LogP contribution is -2.11. The number of nitro groups is 1. The van der Waals surface area contributed by atoms with Gasteiger partial charge in [0.2, 0.25) is 0 Å². The summed E-state index contributed by atoms with van der Waals surface area (Å²) in [7, 11) is 0. The van der Waals surface area contributed by atoms with Gasteiger partial charge in [0, 0.05) is 6.07 Å². The summed E-state index contributed by atoms with van der Waals surface area (Å²) < 4.78 is 47.1. The molecule has 0 radical (unpaired) electrons. The lowest BCUT2D eigenvalue weighted by molar-refractivity contribution is -0.384. The first-order valence-electron chi connectivity index (χ1n) is 7.43. The molecule has 26 heavy (non-hydrogen) atoms. The smallest absolute Gasteiger partial charge is 0.292 e. The van der Waals surface area contributed by atoms with Crippen LogP contribution in [0.2, 0.25) is 0 Å². The average molecular weight is 374 g/mol. The lowest BCUT2D eigenvalue weighted by Gasteiger charge is -2.07. The summed E-state index contributed by atoms with van der Waals surface area (Å²) in [5, 5.41) is 15.3. The van der Waals surface area contributed by atoms with E-state index in [1.807, 2.05) is 0 Å². The van der Waals surface area contributed by atoms with Crippen molar-refractivity contribution in [3.8, 4) is 0 Å². The molecule has 0 bridgehead atoms. The maximum absolute atomic E-state index is 11.8. The first kappa shape index (κ1) is 21.0. The number of anilines is 3. The molecule has 0 spiro atoms. The number of alkyl halides is 4. The highest BCUT2D eigenvalue weighted by molar-refractivity contribution is 5.65. The number of para-hydroxylation sites is 4. The highest BCUT2D eigenvalue weighted by Gasteiger charge is 2.12. The van der Waals surface area contributed by atoms with E-state index >= 15 is 0 Å². The molecule has 142 valence electrons. The fourth-order valence-corrected chi connectivity index (χ4v) is 1.81. The van der Waals surface area contributed by atoms with Crippen LogP contribution in [0.4, 0.5) is 40.3 Å². The van der Waals surface area contributed by atoms with Crippen molar-refractivity contribution >= 4 is 22.7 Å². The van der Waals surface area contributed by atoms with E-state index in [0.717, 1.165) is 0 Å². The van der Waals surface area contributed by atoms with E-state index in [4.69, 9.17) is 5.73 Å². The zero-order valence-electron chi connectivity index (χ0n) is 13.5. The van der Waals surface area contributed by atoms with Crippen molar-refractivity contribution in [2.24, 2.45) is 0 Å². The maximum atomic E-state index is 11.8. The third-order valence-electron chi connectivity index (χ3n) is 2.96. The number of nitrogens with zero attached hydrogens (tertiary/aromatic N) is 1. The van der Waals surface area contributed by atoms with Crippen LogP contribution in [0.15, 0.2) is 48.5 Å². The molecule has 0 aromatic heterocycles. The minimum absolute atomic E-state index is 0.109. The molecule has 0 aliphatic carbocycles. The van der Waals surface area contributed by atoms with Crippen molar-refractivity contribution in [2.45, 2.75) is 12.9 Å². The van der Waals surface area contributed by atoms with Crippen LogP contribution in [0.3, 0.4) is 0 Å². The summed E-state index contributed by atoms with van der Waals surface area (Å²) in [6, 6.07) is 12.5. The molecule has 6 nitrogen and oxygen atoms in total. The molecule has 2 aromatic carbocycles. The number of benzene rings is 2. The molecule has 10 heteroatoms. The second-order valence-electron chi connectivity index (χ2n) is 4.91. The fourth-order valence-electron chi connectivity index (χ4n) is 1.81. The Hall–Kier alpha value is -3.04. The number of nitrogens with two attached hydrogens (primary N) is 1. The van der Waals surface area contributed by atoms with Crippen molar-refractivity contribution < 1.29 is 22.5 Å². The van der Waals surface area contributed by atoms with Gasteiger partial charge in [0.25, 0.3) is 18.5 Å². The number of rotatable bonds is 7. The molecule has 2 rings (SSSR count). The number of hydrogen-bond acceptors (Lipinski definition) is 5. The van der Waals surface area contributed by atoms with E-state index in [1.54, 1.807) is 30.3 Å². The van der Waals surface area contributed by atoms with Crippen molar-refractivity contribution in [3.05, 3.63) is 58.6 Å². The Bertz CT molecular complexity index is 701. The SMILES string of the molecule is Nc1ccccc1NCC(F)F.O=[N+]([O-])c1ccccc1NCC(F)F. The van der Waals surface area contributed by atoms with E-state index in [0.29, 0.717) is 11.4 Å². The van der Waals surface area contributed by atoms with Gasteiger partial charge in [-0.1, -0.05) is 24.3 Å². The monoisotopic (exact) mass is 374 g/mol. The van der Waals surface area contributed by atoms with Gasteiger partial charge in [-0.15, -0.1) is 0 Å². The van der Waals surface area contributed by atoms with Crippen LogP contribution < -0.4 is 16.4 Å². The number of nitrogens with one attached hydrogen (secondary N) is 2. The second-order valence-corrected chi connectivity index (χ2v) is 4.91. The Balaban J connectivity index is 0.000000263. The third-order valence-corrected chi connectivity index (χ3v) is 2.96. The van der Waals surface area contributed by atoms with Gasteiger partial charge in [-0.05, 0) is 18.2 Å². The summed E-state index contributed by atoms with van der Waals surface area (Å²) in [5.41, 5.74) is 6.45. The minimum atomic E-state index is -2.53. The molecular formula is C16H18F4N4O2. The van der Waals surface area contributed by atoms with Crippen LogP contribution in [0.5, 0.6) is 0 Å². The molecule has 0 saturated carbocycles. The minimum Gasteiger partial charge on any atom is -0.397 e. The van der Waals surface area contributed by atoms with Crippen molar-refractivity contribution in [2.75, 3.05) is 29.5 Å². The van der Waals surface area contributed by atoms with E-state index in [1.165, 1.54) is 18.2 Å². The van der Waals surface area contributed by atoms with Crippen molar-refractivity contribution in [3.63, 3.8) is 0 Å². The summed E-state index contributed by atoms with van der Waals surface area (Å²) >= 11 is 0. The molecular weight excluding hydrogens is 356 g/mol. The summed E-state index contributed by atoms with van der Waals surface area (Å²) in [6.45, 7) is -0.959.